The number of carbonyl (C=O) groups excluding carboxylic acids is 1. The van der Waals surface area contributed by atoms with Gasteiger partial charge in [0.05, 0.1) is 16.8 Å². The molecular weight excluding hydrogens is 380 g/mol. The minimum absolute atomic E-state index is 0.200. The number of anilines is 1. The summed E-state index contributed by atoms with van der Waals surface area (Å²) in [6.07, 6.45) is 0. The molecule has 0 N–H and O–H groups in total. The zero-order chi connectivity index (χ0) is 20.2. The second-order valence-corrected chi connectivity index (χ2v) is 8.82. The smallest absolute Gasteiger partial charge is 0.233 e. The molecule has 4 rings (SSSR count). The van der Waals surface area contributed by atoms with E-state index in [4.69, 9.17) is 4.98 Å². The van der Waals surface area contributed by atoms with Crippen molar-refractivity contribution in [2.45, 2.75) is 25.5 Å². The molecule has 1 aromatic heterocycles. The normalized spacial score (nSPS) is 14.7. The molecule has 152 valence electrons. The Kier molecular flexibility index (Phi) is 6.09. The second-order valence-electron chi connectivity index (χ2n) is 7.88. The second kappa shape index (κ2) is 8.91. The summed E-state index contributed by atoms with van der Waals surface area (Å²) in [6.45, 7) is 8.64. The van der Waals surface area contributed by atoms with Gasteiger partial charge in [-0.05, 0) is 30.2 Å². The van der Waals surface area contributed by atoms with E-state index in [-0.39, 0.29) is 5.91 Å². The zero-order valence-electron chi connectivity index (χ0n) is 17.1. The van der Waals surface area contributed by atoms with Gasteiger partial charge >= 0.3 is 0 Å². The zero-order valence-corrected chi connectivity index (χ0v) is 17.9. The van der Waals surface area contributed by atoms with Crippen LogP contribution in [-0.2, 0) is 11.3 Å². The summed E-state index contributed by atoms with van der Waals surface area (Å²) < 4.78 is 2.26. The quantitative estimate of drug-likeness (QED) is 0.575. The van der Waals surface area contributed by atoms with Crippen LogP contribution < -0.4 is 4.90 Å². The molecule has 1 amide bonds. The first kappa shape index (κ1) is 19.8. The van der Waals surface area contributed by atoms with Crippen molar-refractivity contribution in [3.8, 4) is 0 Å². The van der Waals surface area contributed by atoms with E-state index in [0.29, 0.717) is 11.7 Å². The molecule has 6 heteroatoms. The number of hydrogen-bond donors (Lipinski definition) is 0. The Hall–Kier alpha value is -2.47. The van der Waals surface area contributed by atoms with Gasteiger partial charge in [0.1, 0.15) is 0 Å². The predicted molar refractivity (Wildman–Crippen MR) is 121 cm³/mol. The number of rotatable bonds is 6. The van der Waals surface area contributed by atoms with E-state index < -0.39 is 0 Å². The molecule has 0 unspecified atom stereocenters. The maximum absolute atomic E-state index is 12.8. The lowest BCUT2D eigenvalue weighted by atomic mass is 10.2. The Bertz CT molecular complexity index is 961. The Labute approximate surface area is 176 Å². The molecule has 2 heterocycles. The van der Waals surface area contributed by atoms with Crippen molar-refractivity contribution in [1.29, 1.82) is 0 Å². The van der Waals surface area contributed by atoms with Gasteiger partial charge in [0.15, 0.2) is 5.16 Å². The Morgan fingerprint density at radius 3 is 2.41 bits per heavy atom. The van der Waals surface area contributed by atoms with Gasteiger partial charge in [-0.1, -0.05) is 55.9 Å². The summed E-state index contributed by atoms with van der Waals surface area (Å²) in [7, 11) is 0. The number of nitrogens with zero attached hydrogens (tertiary/aromatic N) is 4. The molecule has 29 heavy (non-hydrogen) atoms. The highest BCUT2D eigenvalue weighted by molar-refractivity contribution is 7.99. The van der Waals surface area contributed by atoms with Gasteiger partial charge in [-0.2, -0.15) is 0 Å². The number of thioether (sulfide) groups is 1. The third-order valence-corrected chi connectivity index (χ3v) is 6.21. The molecule has 0 radical (unpaired) electrons. The molecule has 0 spiro atoms. The largest absolute Gasteiger partial charge is 0.368 e. The van der Waals surface area contributed by atoms with Gasteiger partial charge in [-0.25, -0.2) is 4.98 Å². The minimum Gasteiger partial charge on any atom is -0.368 e. The average Bonchev–Trinajstić information content (AvgIpc) is 3.09. The van der Waals surface area contributed by atoms with Gasteiger partial charge in [0.25, 0.3) is 0 Å². The van der Waals surface area contributed by atoms with Crippen molar-refractivity contribution in [3.05, 3.63) is 54.6 Å². The molecule has 3 aromatic rings. The fraction of sp³-hybridized carbons (Fsp3) is 0.391. The number of carbonyl (C=O) groups is 1. The van der Waals surface area contributed by atoms with E-state index in [1.54, 1.807) is 11.8 Å². The van der Waals surface area contributed by atoms with Crippen LogP contribution in [0.5, 0.6) is 0 Å². The van der Waals surface area contributed by atoms with Crippen LogP contribution in [0.4, 0.5) is 5.69 Å². The molecule has 1 aliphatic rings. The molecule has 0 saturated carbocycles. The highest BCUT2D eigenvalue weighted by atomic mass is 32.2. The SMILES string of the molecule is CC(C)Cn1c(SCC(=O)N2CCN(c3ccccc3)CC2)nc2ccccc21. The average molecular weight is 409 g/mol. The Morgan fingerprint density at radius 1 is 1.00 bits per heavy atom. The molecule has 5 nitrogen and oxygen atoms in total. The van der Waals surface area contributed by atoms with E-state index in [1.165, 1.54) is 5.69 Å². The number of para-hydroxylation sites is 3. The molecular formula is C23H28N4OS. The van der Waals surface area contributed by atoms with Gasteiger partial charge in [0.2, 0.25) is 5.91 Å². The predicted octanol–water partition coefficient (Wildman–Crippen LogP) is 4.13. The van der Waals surface area contributed by atoms with Crippen molar-refractivity contribution in [2.24, 2.45) is 5.92 Å². The Balaban J connectivity index is 1.38. The first-order valence-corrected chi connectivity index (χ1v) is 11.3. The highest BCUT2D eigenvalue weighted by Gasteiger charge is 2.22. The Morgan fingerprint density at radius 2 is 1.69 bits per heavy atom. The lowest BCUT2D eigenvalue weighted by Gasteiger charge is -2.36. The molecule has 1 fully saturated rings. The third kappa shape index (κ3) is 4.58. The number of benzene rings is 2. The van der Waals surface area contributed by atoms with E-state index in [9.17, 15) is 4.79 Å². The standard InChI is InChI=1S/C23H28N4OS/c1-18(2)16-27-21-11-7-6-10-20(21)24-23(27)29-17-22(28)26-14-12-25(13-15-26)19-8-4-3-5-9-19/h3-11,18H,12-17H2,1-2H3. The molecule has 1 saturated heterocycles. The topological polar surface area (TPSA) is 41.4 Å². The number of imidazole rings is 1. The monoisotopic (exact) mass is 408 g/mol. The fourth-order valence-electron chi connectivity index (χ4n) is 3.78. The van der Waals surface area contributed by atoms with Crippen molar-refractivity contribution in [3.63, 3.8) is 0 Å². The summed E-state index contributed by atoms with van der Waals surface area (Å²) in [4.78, 5) is 21.9. The third-order valence-electron chi connectivity index (χ3n) is 5.25. The number of amides is 1. The summed E-state index contributed by atoms with van der Waals surface area (Å²) in [5, 5.41) is 0.941. The molecule has 0 aliphatic carbocycles. The van der Waals surface area contributed by atoms with Crippen molar-refractivity contribution >= 4 is 34.4 Å². The lowest BCUT2D eigenvalue weighted by Crippen LogP contribution is -2.49. The summed E-state index contributed by atoms with van der Waals surface area (Å²) in [5.41, 5.74) is 3.38. The molecule has 2 aromatic carbocycles. The van der Waals surface area contributed by atoms with Crippen LogP contribution in [0.2, 0.25) is 0 Å². The van der Waals surface area contributed by atoms with Crippen LogP contribution in [0.1, 0.15) is 13.8 Å². The van der Waals surface area contributed by atoms with Crippen LogP contribution in [0.25, 0.3) is 11.0 Å². The first-order chi connectivity index (χ1) is 14.1. The first-order valence-electron chi connectivity index (χ1n) is 10.3. The van der Waals surface area contributed by atoms with Gasteiger partial charge < -0.3 is 14.4 Å². The van der Waals surface area contributed by atoms with Crippen molar-refractivity contribution < 1.29 is 4.79 Å². The maximum atomic E-state index is 12.8. The lowest BCUT2D eigenvalue weighted by molar-refractivity contribution is -0.128. The van der Waals surface area contributed by atoms with E-state index >= 15 is 0 Å². The van der Waals surface area contributed by atoms with Gasteiger partial charge in [-0.3, -0.25) is 4.79 Å². The number of aromatic nitrogens is 2. The highest BCUT2D eigenvalue weighted by Crippen LogP contribution is 2.26. The number of hydrogen-bond acceptors (Lipinski definition) is 4. The van der Waals surface area contributed by atoms with Crippen LogP contribution in [-0.4, -0.2) is 52.3 Å². The summed E-state index contributed by atoms with van der Waals surface area (Å²) in [6, 6.07) is 18.6. The minimum atomic E-state index is 0.200. The van der Waals surface area contributed by atoms with Gasteiger partial charge in [-0.15, -0.1) is 0 Å². The summed E-state index contributed by atoms with van der Waals surface area (Å²) in [5.74, 6) is 1.16. The van der Waals surface area contributed by atoms with Crippen molar-refractivity contribution in [1.82, 2.24) is 14.5 Å². The number of piperazine rings is 1. The molecule has 0 bridgehead atoms. The summed E-state index contributed by atoms with van der Waals surface area (Å²) >= 11 is 1.56. The number of fused-ring (bicyclic) bond motifs is 1. The van der Waals surface area contributed by atoms with E-state index in [2.05, 4.69) is 53.6 Å². The maximum Gasteiger partial charge on any atom is 0.233 e. The van der Waals surface area contributed by atoms with Crippen LogP contribution >= 0.6 is 11.8 Å². The van der Waals surface area contributed by atoms with E-state index in [0.717, 1.165) is 48.9 Å². The molecule has 1 aliphatic heterocycles. The van der Waals surface area contributed by atoms with Crippen LogP contribution in [0, 0.1) is 5.92 Å². The fourth-order valence-corrected chi connectivity index (χ4v) is 4.70. The van der Waals surface area contributed by atoms with Crippen LogP contribution in [0.3, 0.4) is 0 Å². The van der Waals surface area contributed by atoms with E-state index in [1.807, 2.05) is 29.2 Å². The van der Waals surface area contributed by atoms with Crippen LogP contribution in [0.15, 0.2) is 59.8 Å². The van der Waals surface area contributed by atoms with Gasteiger partial charge in [0, 0.05) is 38.4 Å². The van der Waals surface area contributed by atoms with Crippen molar-refractivity contribution in [2.75, 3.05) is 36.8 Å². The molecule has 0 atom stereocenters.